The molecule has 1 N–H and O–H groups in total. The van der Waals surface area contributed by atoms with Crippen LogP contribution in [0.2, 0.25) is 10.0 Å². The fraction of sp³-hybridized carbons (Fsp3) is 0.625. The van der Waals surface area contributed by atoms with Gasteiger partial charge in [-0.3, -0.25) is 4.90 Å². The Labute approximate surface area is 136 Å². The second-order valence-corrected chi connectivity index (χ2v) is 6.74. The van der Waals surface area contributed by atoms with Gasteiger partial charge in [-0.15, -0.1) is 0 Å². The van der Waals surface area contributed by atoms with Gasteiger partial charge in [0, 0.05) is 23.1 Å². The quantitative estimate of drug-likeness (QED) is 0.807. The van der Waals surface area contributed by atoms with Gasteiger partial charge in [-0.25, -0.2) is 4.39 Å². The number of nitrogens with one attached hydrogen (secondary N) is 1. The van der Waals surface area contributed by atoms with Crippen molar-refractivity contribution in [2.75, 3.05) is 14.1 Å². The number of nitrogens with zero attached hydrogens (tertiary/aromatic N) is 1. The van der Waals surface area contributed by atoms with E-state index in [1.54, 1.807) is 0 Å². The van der Waals surface area contributed by atoms with Crippen molar-refractivity contribution >= 4 is 23.2 Å². The Hall–Kier alpha value is -0.350. The van der Waals surface area contributed by atoms with Crippen molar-refractivity contribution in [3.05, 3.63) is 33.6 Å². The molecule has 0 aromatic heterocycles. The van der Waals surface area contributed by atoms with Crippen LogP contribution in [0.1, 0.15) is 44.2 Å². The molecule has 1 aliphatic carbocycles. The number of hydrogen-bond donors (Lipinski definition) is 1. The van der Waals surface area contributed by atoms with Gasteiger partial charge in [-0.2, -0.15) is 0 Å². The highest BCUT2D eigenvalue weighted by molar-refractivity contribution is 6.35. The summed E-state index contributed by atoms with van der Waals surface area (Å²) in [4.78, 5) is 2.31. The fourth-order valence-electron chi connectivity index (χ4n) is 3.17. The molecule has 0 amide bonds. The summed E-state index contributed by atoms with van der Waals surface area (Å²) in [5, 5.41) is 3.95. The lowest BCUT2D eigenvalue weighted by Crippen LogP contribution is -2.40. The van der Waals surface area contributed by atoms with Crippen molar-refractivity contribution < 1.29 is 4.39 Å². The Bertz CT molecular complexity index is 487. The van der Waals surface area contributed by atoms with E-state index in [1.165, 1.54) is 25.0 Å². The summed E-state index contributed by atoms with van der Waals surface area (Å²) in [6.07, 6.45) is 4.67. The van der Waals surface area contributed by atoms with Gasteiger partial charge in [0.1, 0.15) is 5.82 Å². The minimum absolute atomic E-state index is 0.0698. The molecule has 0 spiro atoms. The first-order valence-corrected chi connectivity index (χ1v) is 8.23. The van der Waals surface area contributed by atoms with Crippen molar-refractivity contribution in [3.8, 4) is 0 Å². The molecule has 0 radical (unpaired) electrons. The molecule has 2 nitrogen and oxygen atoms in total. The maximum Gasteiger partial charge on any atom is 0.142 e. The van der Waals surface area contributed by atoms with E-state index in [4.69, 9.17) is 23.2 Å². The molecule has 0 bridgehead atoms. The van der Waals surface area contributed by atoms with Crippen LogP contribution in [0.15, 0.2) is 12.1 Å². The largest absolute Gasteiger partial charge is 0.317 e. The third-order valence-corrected chi connectivity index (χ3v) is 5.40. The third-order valence-electron chi connectivity index (χ3n) is 4.78. The number of rotatable bonds is 4. The molecule has 0 heterocycles. The van der Waals surface area contributed by atoms with E-state index in [-0.39, 0.29) is 11.1 Å². The molecule has 1 saturated carbocycles. The van der Waals surface area contributed by atoms with E-state index in [1.807, 2.05) is 7.05 Å². The van der Waals surface area contributed by atoms with Crippen LogP contribution in [0.5, 0.6) is 0 Å². The Morgan fingerprint density at radius 3 is 2.38 bits per heavy atom. The van der Waals surface area contributed by atoms with Gasteiger partial charge in [0.15, 0.2) is 0 Å². The van der Waals surface area contributed by atoms with Crippen LogP contribution in [0.25, 0.3) is 0 Å². The van der Waals surface area contributed by atoms with Crippen LogP contribution < -0.4 is 5.32 Å². The topological polar surface area (TPSA) is 15.3 Å². The van der Waals surface area contributed by atoms with Gasteiger partial charge < -0.3 is 5.32 Å². The first-order valence-electron chi connectivity index (χ1n) is 7.47. The second-order valence-electron chi connectivity index (χ2n) is 5.92. The van der Waals surface area contributed by atoms with Crippen LogP contribution in [-0.2, 0) is 0 Å². The Kier molecular flexibility index (Phi) is 5.89. The molecule has 21 heavy (non-hydrogen) atoms. The van der Waals surface area contributed by atoms with Crippen LogP contribution >= 0.6 is 23.2 Å². The minimum Gasteiger partial charge on any atom is -0.317 e. The van der Waals surface area contributed by atoms with Crippen LogP contribution in [-0.4, -0.2) is 31.1 Å². The smallest absolute Gasteiger partial charge is 0.142 e. The number of benzene rings is 1. The van der Waals surface area contributed by atoms with Crippen molar-refractivity contribution in [2.45, 2.75) is 50.7 Å². The molecule has 5 heteroatoms. The van der Waals surface area contributed by atoms with Crippen molar-refractivity contribution in [3.63, 3.8) is 0 Å². The Morgan fingerprint density at radius 2 is 1.81 bits per heavy atom. The number of hydrogen-bond acceptors (Lipinski definition) is 2. The zero-order chi connectivity index (χ0) is 15.6. The van der Waals surface area contributed by atoms with Gasteiger partial charge in [-0.05, 0) is 64.4 Å². The average molecular weight is 333 g/mol. The van der Waals surface area contributed by atoms with Crippen molar-refractivity contribution in [1.82, 2.24) is 10.2 Å². The third kappa shape index (κ3) is 3.89. The van der Waals surface area contributed by atoms with E-state index in [0.717, 1.165) is 18.4 Å². The van der Waals surface area contributed by atoms with Crippen LogP contribution in [0, 0.1) is 5.82 Å². The number of halogens is 3. The molecule has 1 aliphatic rings. The highest BCUT2D eigenvalue weighted by atomic mass is 35.5. The fourth-order valence-corrected chi connectivity index (χ4v) is 3.71. The zero-order valence-electron chi connectivity index (χ0n) is 12.8. The summed E-state index contributed by atoms with van der Waals surface area (Å²) in [7, 11) is 4.12. The lowest BCUT2D eigenvalue weighted by molar-refractivity contribution is 0.136. The highest BCUT2D eigenvalue weighted by Crippen LogP contribution is 2.34. The SMILES string of the molecule is CNC1CCC(N(C)C(C)c2cc(F)c(Cl)cc2Cl)CC1. The molecule has 0 saturated heterocycles. The highest BCUT2D eigenvalue weighted by Gasteiger charge is 2.27. The first kappa shape index (κ1) is 17.0. The van der Waals surface area contributed by atoms with E-state index >= 15 is 0 Å². The summed E-state index contributed by atoms with van der Waals surface area (Å²) in [5.74, 6) is -0.407. The summed E-state index contributed by atoms with van der Waals surface area (Å²) in [6, 6.07) is 4.17. The zero-order valence-corrected chi connectivity index (χ0v) is 14.3. The van der Waals surface area contributed by atoms with Crippen LogP contribution in [0.4, 0.5) is 4.39 Å². The maximum absolute atomic E-state index is 13.7. The lowest BCUT2D eigenvalue weighted by Gasteiger charge is -2.38. The molecule has 1 atom stereocenters. The predicted molar refractivity (Wildman–Crippen MR) is 87.7 cm³/mol. The molecular formula is C16H23Cl2FN2. The molecule has 1 aromatic carbocycles. The monoisotopic (exact) mass is 332 g/mol. The average Bonchev–Trinajstić information content (AvgIpc) is 2.49. The van der Waals surface area contributed by atoms with Crippen molar-refractivity contribution in [2.24, 2.45) is 0 Å². The maximum atomic E-state index is 13.7. The Morgan fingerprint density at radius 1 is 1.19 bits per heavy atom. The van der Waals surface area contributed by atoms with Gasteiger partial charge in [0.25, 0.3) is 0 Å². The molecule has 1 fully saturated rings. The summed E-state index contributed by atoms with van der Waals surface area (Å²) < 4.78 is 13.7. The molecule has 1 unspecified atom stereocenters. The standard InChI is InChI=1S/C16H23Cl2FN2/c1-10(13-8-16(19)15(18)9-14(13)17)21(3)12-6-4-11(20-2)5-7-12/h8-12,20H,4-7H2,1-3H3. The minimum atomic E-state index is -0.407. The van der Waals surface area contributed by atoms with Gasteiger partial charge in [-0.1, -0.05) is 23.2 Å². The van der Waals surface area contributed by atoms with E-state index in [2.05, 4.69) is 24.2 Å². The molecule has 1 aromatic rings. The predicted octanol–water partition coefficient (Wildman–Crippen LogP) is 4.66. The van der Waals surface area contributed by atoms with Crippen molar-refractivity contribution in [1.29, 1.82) is 0 Å². The van der Waals surface area contributed by atoms with Gasteiger partial charge in [0.2, 0.25) is 0 Å². The summed E-state index contributed by atoms with van der Waals surface area (Å²) in [5.41, 5.74) is 0.803. The van der Waals surface area contributed by atoms with Gasteiger partial charge >= 0.3 is 0 Å². The molecular weight excluding hydrogens is 310 g/mol. The van der Waals surface area contributed by atoms with Crippen LogP contribution in [0.3, 0.4) is 0 Å². The molecule has 118 valence electrons. The first-order chi connectivity index (χ1) is 9.93. The normalized spacial score (nSPS) is 24.3. The van der Waals surface area contributed by atoms with E-state index < -0.39 is 5.82 Å². The van der Waals surface area contributed by atoms with E-state index in [9.17, 15) is 4.39 Å². The summed E-state index contributed by atoms with van der Waals surface area (Å²) in [6.45, 7) is 2.07. The summed E-state index contributed by atoms with van der Waals surface area (Å²) >= 11 is 12.0. The molecule has 0 aliphatic heterocycles. The Balaban J connectivity index is 2.09. The van der Waals surface area contributed by atoms with E-state index in [0.29, 0.717) is 17.1 Å². The van der Waals surface area contributed by atoms with Gasteiger partial charge in [0.05, 0.1) is 5.02 Å². The second kappa shape index (κ2) is 7.28. The lowest BCUT2D eigenvalue weighted by atomic mass is 9.89. The molecule has 2 rings (SSSR count).